The van der Waals surface area contributed by atoms with Gasteiger partial charge in [-0.3, -0.25) is 19.0 Å². The van der Waals surface area contributed by atoms with Crippen LogP contribution in [-0.2, 0) is 4.79 Å². The Morgan fingerprint density at radius 3 is 2.50 bits per heavy atom. The number of halogens is 4. The summed E-state index contributed by atoms with van der Waals surface area (Å²) >= 11 is 19.3. The maximum Gasteiger partial charge on any atom is 0.272 e. The van der Waals surface area contributed by atoms with Crippen molar-refractivity contribution in [3.05, 3.63) is 72.5 Å². The van der Waals surface area contributed by atoms with Crippen LogP contribution in [0.2, 0.25) is 10.0 Å². The zero-order valence-electron chi connectivity index (χ0n) is 16.8. The molecule has 2 heterocycles. The van der Waals surface area contributed by atoms with Gasteiger partial charge in [0, 0.05) is 11.2 Å². The summed E-state index contributed by atoms with van der Waals surface area (Å²) < 4.78 is 2.69. The number of benzene rings is 1. The minimum Gasteiger partial charge on any atom is -0.345 e. The lowest BCUT2D eigenvalue weighted by atomic mass is 10.1. The summed E-state index contributed by atoms with van der Waals surface area (Å²) in [5, 5.41) is 5.97. The molecule has 0 saturated heterocycles. The van der Waals surface area contributed by atoms with Crippen LogP contribution in [0.15, 0.2) is 45.6 Å². The molecule has 0 radical (unpaired) electrons. The largest absolute Gasteiger partial charge is 0.345 e. The maximum atomic E-state index is 13.3. The van der Waals surface area contributed by atoms with E-state index >= 15 is 0 Å². The van der Waals surface area contributed by atoms with Crippen LogP contribution in [0.25, 0.3) is 5.82 Å². The third kappa shape index (κ3) is 5.23. The molecule has 0 atom stereocenters. The highest BCUT2D eigenvalue weighted by atomic mass is 79.9. The molecule has 0 bridgehead atoms. The summed E-state index contributed by atoms with van der Waals surface area (Å²) in [6.07, 6.45) is 1.56. The molecule has 0 saturated carbocycles. The summed E-state index contributed by atoms with van der Waals surface area (Å²) in [4.78, 5) is 41.5. The Morgan fingerprint density at radius 2 is 1.84 bits per heavy atom. The Morgan fingerprint density at radius 1 is 1.12 bits per heavy atom. The zero-order chi connectivity index (χ0) is 23.6. The quantitative estimate of drug-likeness (QED) is 0.385. The fourth-order valence-corrected chi connectivity index (χ4v) is 4.28. The molecule has 32 heavy (non-hydrogen) atoms. The zero-order valence-corrected chi connectivity index (χ0v) is 21.5. The monoisotopic (exact) mass is 600 g/mol. The predicted molar refractivity (Wildman–Crippen MR) is 131 cm³/mol. The fraction of sp³-hybridized carbons (Fsp3) is 0.143. The van der Waals surface area contributed by atoms with E-state index in [1.807, 2.05) is 0 Å². The van der Waals surface area contributed by atoms with Gasteiger partial charge in [0.25, 0.3) is 11.8 Å². The van der Waals surface area contributed by atoms with Crippen LogP contribution >= 0.6 is 55.1 Å². The molecule has 0 fully saturated rings. The molecule has 1 aromatic carbocycles. The summed E-state index contributed by atoms with van der Waals surface area (Å²) in [7, 11) is 0. The molecule has 2 N–H and O–H groups in total. The van der Waals surface area contributed by atoms with E-state index in [9.17, 15) is 14.4 Å². The first-order valence-corrected chi connectivity index (χ1v) is 11.5. The van der Waals surface area contributed by atoms with E-state index in [1.165, 1.54) is 13.0 Å². The number of nitrogens with one attached hydrogen (secondary N) is 2. The molecule has 7 nitrogen and oxygen atoms in total. The van der Waals surface area contributed by atoms with Crippen LogP contribution in [0.1, 0.15) is 33.3 Å². The molecule has 0 aliphatic carbocycles. The number of hydrogen-bond donors (Lipinski definition) is 2. The minimum atomic E-state index is -0.536. The van der Waals surface area contributed by atoms with Crippen LogP contribution in [0.3, 0.4) is 0 Å². The van der Waals surface area contributed by atoms with Gasteiger partial charge in [-0.2, -0.15) is 0 Å². The van der Waals surface area contributed by atoms with Crippen molar-refractivity contribution in [1.82, 2.24) is 14.9 Å². The van der Waals surface area contributed by atoms with E-state index in [0.29, 0.717) is 30.5 Å². The second-order valence-corrected chi connectivity index (χ2v) is 9.25. The highest BCUT2D eigenvalue weighted by molar-refractivity contribution is 9.13. The van der Waals surface area contributed by atoms with Gasteiger partial charge in [-0.25, -0.2) is 4.98 Å². The van der Waals surface area contributed by atoms with E-state index in [2.05, 4.69) is 47.5 Å². The lowest BCUT2D eigenvalue weighted by Crippen LogP contribution is -2.29. The molecular formula is C21H16Br2Cl2N4O3. The molecule has 0 aliphatic rings. The number of pyridine rings is 1. The van der Waals surface area contributed by atoms with Gasteiger partial charge in [-0.15, -0.1) is 0 Å². The van der Waals surface area contributed by atoms with E-state index in [4.69, 9.17) is 23.2 Å². The Balaban J connectivity index is 2.04. The molecule has 0 aliphatic heterocycles. The van der Waals surface area contributed by atoms with Crippen molar-refractivity contribution >= 4 is 78.3 Å². The van der Waals surface area contributed by atoms with Gasteiger partial charge in [-0.05, 0) is 81.6 Å². The fourth-order valence-electron chi connectivity index (χ4n) is 2.94. The molecule has 11 heteroatoms. The molecular weight excluding hydrogens is 587 g/mol. The Kier molecular flexibility index (Phi) is 7.76. The number of hydrogen-bond acceptors (Lipinski definition) is 4. The van der Waals surface area contributed by atoms with E-state index < -0.39 is 11.8 Å². The molecule has 0 unspecified atom stereocenters. The molecule has 166 valence electrons. The lowest BCUT2D eigenvalue weighted by molar-refractivity contribution is -0.116. The van der Waals surface area contributed by atoms with Crippen molar-refractivity contribution < 1.29 is 14.4 Å². The second-order valence-electron chi connectivity index (χ2n) is 6.80. The molecule has 0 spiro atoms. The molecule has 3 aromatic rings. The smallest absolute Gasteiger partial charge is 0.272 e. The van der Waals surface area contributed by atoms with E-state index in [0.717, 1.165) is 0 Å². The Hall–Kier alpha value is -2.20. The number of Topliss-reactive ketones (excluding diaryl/α,β-unsaturated/α-hetero) is 1. The van der Waals surface area contributed by atoms with Crippen molar-refractivity contribution in [2.45, 2.75) is 13.8 Å². The van der Waals surface area contributed by atoms with Crippen LogP contribution in [0, 0.1) is 6.92 Å². The number of nitrogens with zero attached hydrogens (tertiary/aromatic N) is 2. The number of carbonyl (C=O) groups excluding carboxylic acids is 3. The van der Waals surface area contributed by atoms with Crippen LogP contribution in [0.5, 0.6) is 0 Å². The average molecular weight is 603 g/mol. The SMILES string of the molecule is CC(=O)CNC(=O)c1cc(Cl)cc(C)c1NC(=O)c1cc(Br)c(Br)n1-c1ncccc1Cl. The molecule has 2 amide bonds. The first-order valence-electron chi connectivity index (χ1n) is 9.17. The third-order valence-corrected chi connectivity index (χ3v) is 6.79. The highest BCUT2D eigenvalue weighted by Gasteiger charge is 2.24. The van der Waals surface area contributed by atoms with Gasteiger partial charge >= 0.3 is 0 Å². The molecule has 3 rings (SSSR count). The summed E-state index contributed by atoms with van der Waals surface area (Å²) in [5.41, 5.74) is 1.20. The highest BCUT2D eigenvalue weighted by Crippen LogP contribution is 2.33. The normalized spacial score (nSPS) is 10.7. The van der Waals surface area contributed by atoms with Gasteiger partial charge < -0.3 is 10.6 Å². The van der Waals surface area contributed by atoms with Crippen LogP contribution in [0.4, 0.5) is 5.69 Å². The van der Waals surface area contributed by atoms with Gasteiger partial charge in [0.15, 0.2) is 5.82 Å². The van der Waals surface area contributed by atoms with Gasteiger partial charge in [0.2, 0.25) is 0 Å². The van der Waals surface area contributed by atoms with Crippen LogP contribution in [-0.4, -0.2) is 33.7 Å². The topological polar surface area (TPSA) is 93.1 Å². The first kappa shape index (κ1) is 24.4. The van der Waals surface area contributed by atoms with E-state index in [1.54, 1.807) is 42.0 Å². The van der Waals surface area contributed by atoms with Gasteiger partial charge in [0.05, 0.1) is 27.3 Å². The Bertz CT molecular complexity index is 1240. The van der Waals surface area contributed by atoms with Gasteiger partial charge in [-0.1, -0.05) is 23.2 Å². The lowest BCUT2D eigenvalue weighted by Gasteiger charge is -2.16. The average Bonchev–Trinajstić information content (AvgIpc) is 3.03. The number of rotatable bonds is 6. The number of ketones is 1. The second kappa shape index (κ2) is 10.2. The summed E-state index contributed by atoms with van der Waals surface area (Å²) in [5.74, 6) is -0.901. The van der Waals surface area contributed by atoms with Crippen molar-refractivity contribution in [3.63, 3.8) is 0 Å². The first-order chi connectivity index (χ1) is 15.1. The number of aromatic nitrogens is 2. The van der Waals surface area contributed by atoms with E-state index in [-0.39, 0.29) is 29.3 Å². The summed E-state index contributed by atoms with van der Waals surface area (Å²) in [6, 6.07) is 8.00. The van der Waals surface area contributed by atoms with Crippen molar-refractivity contribution in [2.75, 3.05) is 11.9 Å². The van der Waals surface area contributed by atoms with Crippen molar-refractivity contribution in [2.24, 2.45) is 0 Å². The minimum absolute atomic E-state index is 0.136. The van der Waals surface area contributed by atoms with Crippen LogP contribution < -0.4 is 10.6 Å². The number of carbonyl (C=O) groups is 3. The standard InChI is InChI=1S/C21H16Br2Cl2N4O3/c1-10-6-12(24)7-13(20(31)27-9-11(2)30)17(10)28-21(32)16-8-14(22)18(23)29(16)19-15(25)4-3-5-26-19/h3-8H,9H2,1-2H3,(H,27,31)(H,28,32). The van der Waals surface area contributed by atoms with Crippen molar-refractivity contribution in [3.8, 4) is 5.82 Å². The Labute approximate surface area is 210 Å². The molecule has 2 aromatic heterocycles. The number of anilines is 1. The van der Waals surface area contributed by atoms with Crippen molar-refractivity contribution in [1.29, 1.82) is 0 Å². The van der Waals surface area contributed by atoms with Gasteiger partial charge in [0.1, 0.15) is 16.1 Å². The summed E-state index contributed by atoms with van der Waals surface area (Å²) in [6.45, 7) is 2.93. The number of amides is 2. The number of aryl methyl sites for hydroxylation is 1. The third-order valence-electron chi connectivity index (χ3n) is 4.36. The predicted octanol–water partition coefficient (Wildman–Crippen LogP) is 5.58. The maximum absolute atomic E-state index is 13.3.